The van der Waals surface area contributed by atoms with Gasteiger partial charge in [0.1, 0.15) is 0 Å². The molecule has 136 valence electrons. The molecule has 3 rings (SSSR count). The first-order chi connectivity index (χ1) is 12.5. The zero-order valence-electron chi connectivity index (χ0n) is 15.0. The molecule has 2 aromatic carbocycles. The Bertz CT molecular complexity index is 841. The highest BCUT2D eigenvalue weighted by Crippen LogP contribution is 2.29. The molecular weight excluding hydrogens is 350 g/mol. The smallest absolute Gasteiger partial charge is 0.194 e. The summed E-state index contributed by atoms with van der Waals surface area (Å²) in [7, 11) is 0. The van der Waals surface area contributed by atoms with E-state index in [-0.39, 0.29) is 11.6 Å². The van der Waals surface area contributed by atoms with Gasteiger partial charge < -0.3 is 9.64 Å². The molecule has 1 aliphatic heterocycles. The van der Waals surface area contributed by atoms with E-state index in [9.17, 15) is 9.59 Å². The number of nitrogens with zero attached hydrogens (tertiary/aromatic N) is 1. The lowest BCUT2D eigenvalue weighted by molar-refractivity contribution is 0.101. The van der Waals surface area contributed by atoms with Crippen LogP contribution in [0.2, 0.25) is 5.02 Å². The summed E-state index contributed by atoms with van der Waals surface area (Å²) in [6.07, 6.45) is 0.735. The van der Waals surface area contributed by atoms with E-state index in [2.05, 4.69) is 11.0 Å². The van der Waals surface area contributed by atoms with Crippen LogP contribution >= 0.6 is 11.6 Å². The average molecular weight is 372 g/mol. The Labute approximate surface area is 158 Å². The molecule has 0 saturated carbocycles. The van der Waals surface area contributed by atoms with Crippen LogP contribution in [-0.2, 0) is 11.2 Å². The van der Waals surface area contributed by atoms with Crippen molar-refractivity contribution in [1.29, 1.82) is 0 Å². The topological polar surface area (TPSA) is 46.6 Å². The van der Waals surface area contributed by atoms with Gasteiger partial charge in [-0.2, -0.15) is 0 Å². The van der Waals surface area contributed by atoms with Gasteiger partial charge in [0.15, 0.2) is 11.6 Å². The first-order valence-corrected chi connectivity index (χ1v) is 9.20. The Morgan fingerprint density at radius 3 is 2.50 bits per heavy atom. The molecule has 0 bridgehead atoms. The molecule has 0 aromatic heterocycles. The van der Waals surface area contributed by atoms with E-state index >= 15 is 0 Å². The van der Waals surface area contributed by atoms with Crippen molar-refractivity contribution >= 4 is 28.9 Å². The minimum absolute atomic E-state index is 0.0894. The number of Topliss-reactive ketones (excluding diaryl/α,β-unsaturated/α-hetero) is 1. The number of morpholine rings is 1. The van der Waals surface area contributed by atoms with Crippen molar-refractivity contribution in [3.05, 3.63) is 63.7 Å². The van der Waals surface area contributed by atoms with Crippen LogP contribution in [0.5, 0.6) is 0 Å². The van der Waals surface area contributed by atoms with E-state index in [0.717, 1.165) is 30.8 Å². The van der Waals surface area contributed by atoms with Crippen LogP contribution in [0.25, 0.3) is 0 Å². The van der Waals surface area contributed by atoms with Gasteiger partial charge >= 0.3 is 0 Å². The van der Waals surface area contributed by atoms with Crippen LogP contribution in [0.15, 0.2) is 36.4 Å². The zero-order valence-corrected chi connectivity index (χ0v) is 15.8. The molecule has 1 heterocycles. The molecule has 2 aromatic rings. The van der Waals surface area contributed by atoms with Crippen LogP contribution in [0, 0.1) is 0 Å². The Kier molecular flexibility index (Phi) is 5.74. The predicted octanol–water partition coefficient (Wildman–Crippen LogP) is 4.17. The van der Waals surface area contributed by atoms with Gasteiger partial charge in [-0.05, 0) is 43.2 Å². The summed E-state index contributed by atoms with van der Waals surface area (Å²) < 4.78 is 5.44. The Morgan fingerprint density at radius 2 is 1.85 bits per heavy atom. The van der Waals surface area contributed by atoms with E-state index in [1.807, 2.05) is 19.1 Å². The maximum Gasteiger partial charge on any atom is 0.194 e. The van der Waals surface area contributed by atoms with Crippen molar-refractivity contribution in [3.8, 4) is 0 Å². The average Bonchev–Trinajstić information content (AvgIpc) is 2.67. The van der Waals surface area contributed by atoms with E-state index in [1.165, 1.54) is 6.92 Å². The minimum atomic E-state index is -0.148. The fraction of sp³-hybridized carbons (Fsp3) is 0.333. The fourth-order valence-electron chi connectivity index (χ4n) is 3.32. The van der Waals surface area contributed by atoms with Crippen molar-refractivity contribution in [2.45, 2.75) is 20.3 Å². The molecule has 0 unspecified atom stereocenters. The molecule has 1 fully saturated rings. The van der Waals surface area contributed by atoms with Gasteiger partial charge in [0.2, 0.25) is 0 Å². The van der Waals surface area contributed by atoms with Gasteiger partial charge in [-0.3, -0.25) is 9.59 Å². The number of hydrogen-bond donors (Lipinski definition) is 0. The molecule has 0 radical (unpaired) electrons. The SMILES string of the molecule is CCc1c(C(=O)c2cc(C(C)=O)ccc2Cl)cccc1N1CCOCC1. The number of rotatable bonds is 5. The first kappa shape index (κ1) is 18.6. The highest BCUT2D eigenvalue weighted by molar-refractivity contribution is 6.35. The lowest BCUT2D eigenvalue weighted by Gasteiger charge is -2.31. The van der Waals surface area contributed by atoms with Crippen molar-refractivity contribution in [3.63, 3.8) is 0 Å². The minimum Gasteiger partial charge on any atom is -0.378 e. The van der Waals surface area contributed by atoms with Crippen molar-refractivity contribution in [1.82, 2.24) is 0 Å². The number of anilines is 1. The second-order valence-electron chi connectivity index (χ2n) is 6.34. The summed E-state index contributed by atoms with van der Waals surface area (Å²) >= 11 is 6.27. The third-order valence-electron chi connectivity index (χ3n) is 4.72. The lowest BCUT2D eigenvalue weighted by Crippen LogP contribution is -2.37. The second-order valence-corrected chi connectivity index (χ2v) is 6.74. The van der Waals surface area contributed by atoms with E-state index in [4.69, 9.17) is 16.3 Å². The summed E-state index contributed by atoms with van der Waals surface area (Å²) in [5.41, 5.74) is 3.57. The predicted molar refractivity (Wildman–Crippen MR) is 104 cm³/mol. The van der Waals surface area contributed by atoms with E-state index in [1.54, 1.807) is 18.2 Å². The maximum atomic E-state index is 13.2. The molecule has 4 nitrogen and oxygen atoms in total. The number of halogens is 1. The summed E-state index contributed by atoms with van der Waals surface area (Å²) in [6, 6.07) is 10.6. The van der Waals surface area contributed by atoms with Crippen molar-refractivity contribution < 1.29 is 14.3 Å². The quantitative estimate of drug-likeness (QED) is 0.740. The number of hydrogen-bond acceptors (Lipinski definition) is 4. The normalized spacial score (nSPS) is 14.3. The number of benzene rings is 2. The van der Waals surface area contributed by atoms with Crippen LogP contribution in [-0.4, -0.2) is 37.9 Å². The number of ether oxygens (including phenoxy) is 1. The summed E-state index contributed by atoms with van der Waals surface area (Å²) in [4.78, 5) is 27.2. The highest BCUT2D eigenvalue weighted by atomic mass is 35.5. The largest absolute Gasteiger partial charge is 0.378 e. The third-order valence-corrected chi connectivity index (χ3v) is 5.05. The van der Waals surface area contributed by atoms with Crippen LogP contribution in [0.4, 0.5) is 5.69 Å². The molecule has 0 aliphatic carbocycles. The van der Waals surface area contributed by atoms with Gasteiger partial charge in [0, 0.05) is 35.5 Å². The van der Waals surface area contributed by atoms with E-state index in [0.29, 0.717) is 34.9 Å². The monoisotopic (exact) mass is 371 g/mol. The second kappa shape index (κ2) is 8.02. The Hall–Kier alpha value is -2.17. The molecule has 26 heavy (non-hydrogen) atoms. The zero-order chi connectivity index (χ0) is 18.7. The highest BCUT2D eigenvalue weighted by Gasteiger charge is 2.22. The van der Waals surface area contributed by atoms with Crippen molar-refractivity contribution in [2.75, 3.05) is 31.2 Å². The van der Waals surface area contributed by atoms with Crippen LogP contribution in [0.1, 0.15) is 45.7 Å². The molecule has 0 N–H and O–H groups in total. The van der Waals surface area contributed by atoms with Crippen LogP contribution in [0.3, 0.4) is 0 Å². The van der Waals surface area contributed by atoms with Crippen LogP contribution < -0.4 is 4.90 Å². The van der Waals surface area contributed by atoms with Crippen molar-refractivity contribution in [2.24, 2.45) is 0 Å². The third kappa shape index (κ3) is 3.67. The number of ketones is 2. The molecule has 0 spiro atoms. The van der Waals surface area contributed by atoms with Gasteiger partial charge in [0.25, 0.3) is 0 Å². The summed E-state index contributed by atoms with van der Waals surface area (Å²) in [5.74, 6) is -0.237. The molecule has 1 saturated heterocycles. The van der Waals surface area contributed by atoms with Gasteiger partial charge in [-0.25, -0.2) is 0 Å². The number of carbonyl (C=O) groups excluding carboxylic acids is 2. The first-order valence-electron chi connectivity index (χ1n) is 8.82. The molecule has 0 amide bonds. The van der Waals surface area contributed by atoms with E-state index < -0.39 is 0 Å². The Morgan fingerprint density at radius 1 is 1.12 bits per heavy atom. The van der Waals surface area contributed by atoms with Gasteiger partial charge in [-0.15, -0.1) is 0 Å². The fourth-order valence-corrected chi connectivity index (χ4v) is 3.53. The maximum absolute atomic E-state index is 13.2. The molecule has 5 heteroatoms. The van der Waals surface area contributed by atoms with Gasteiger partial charge in [-0.1, -0.05) is 30.7 Å². The van der Waals surface area contributed by atoms with Gasteiger partial charge in [0.05, 0.1) is 18.2 Å². The standard InChI is InChI=1S/C21H22ClNO3/c1-3-16-17(5-4-6-20(16)23-9-11-26-12-10-23)21(25)18-13-15(14(2)24)7-8-19(18)22/h4-8,13H,3,9-12H2,1-2H3. The Balaban J connectivity index is 2.05. The summed E-state index contributed by atoms with van der Waals surface area (Å²) in [6.45, 7) is 6.52. The number of carbonyl (C=O) groups is 2. The molecule has 1 aliphatic rings. The summed E-state index contributed by atoms with van der Waals surface area (Å²) in [5, 5.41) is 0.360. The molecule has 0 atom stereocenters. The molecular formula is C21H22ClNO3. The lowest BCUT2D eigenvalue weighted by atomic mass is 9.93.